The fourth-order valence-corrected chi connectivity index (χ4v) is 8.89. The number of aliphatic hydroxyl groups is 9. The molecule has 382 valence electrons. The van der Waals surface area contributed by atoms with Gasteiger partial charge in [-0.05, 0) is 6.92 Å². The molecule has 8 heterocycles. The van der Waals surface area contributed by atoms with E-state index in [0.29, 0.717) is 0 Å². The van der Waals surface area contributed by atoms with E-state index in [1.807, 2.05) is 0 Å². The molecule has 0 aromatic carbocycles. The summed E-state index contributed by atoms with van der Waals surface area (Å²) in [7, 11) is 0. The van der Waals surface area contributed by atoms with Crippen LogP contribution >= 0.6 is 0 Å². The van der Waals surface area contributed by atoms with E-state index in [4.69, 9.17) is 47.4 Å². The standard InChI is InChI=1S/C38H60N4O25/c1-9-17(39-10(2)45)24(52)31-38(59-9)58-8-16-21(49)23(51)18(40-11(3)46)34(62-16)63-28-15(7-44)61-35(19(25(28)53)41-12(4)47)65-30-26(54)27(55)37(67-32(30)33(56)57)64-29-20(42-13(5)48)36(66-31)60-14(6-43)22(29)50/h9,14-32,34-38,43-44,49-55H,6-8H2,1-5H3,(H,39,45)(H,40,46)(H,41,47)(H,42,48)(H,56,57)/t9-,14-,15-,16-,17-,18-,19-,20-,21-,22-,23-,24+,25-,26-,27-,28+,29-,30-,31-,32+,34-,35-,36+,37+,38-/m1/s1. The summed E-state index contributed by atoms with van der Waals surface area (Å²) in [6.07, 6.45) is -39.9. The number of amides is 4. The van der Waals surface area contributed by atoms with Crippen LogP contribution in [0.2, 0.25) is 0 Å². The van der Waals surface area contributed by atoms with Crippen molar-refractivity contribution >= 4 is 29.6 Å². The number of carboxylic acids is 1. The van der Waals surface area contributed by atoms with Crippen LogP contribution in [0.1, 0.15) is 34.6 Å². The Morgan fingerprint density at radius 1 is 0.448 bits per heavy atom. The van der Waals surface area contributed by atoms with Crippen molar-refractivity contribution in [2.24, 2.45) is 0 Å². The fourth-order valence-electron chi connectivity index (χ4n) is 8.89. The molecule has 8 rings (SSSR count). The van der Waals surface area contributed by atoms with Crippen molar-refractivity contribution in [2.75, 3.05) is 19.8 Å². The highest BCUT2D eigenvalue weighted by atomic mass is 16.8. The van der Waals surface area contributed by atoms with Gasteiger partial charge in [-0.2, -0.15) is 0 Å². The van der Waals surface area contributed by atoms with Crippen molar-refractivity contribution in [1.29, 1.82) is 0 Å². The molecular formula is C38H60N4O25. The number of carbonyl (C=O) groups excluding carboxylic acids is 4. The minimum absolute atomic E-state index is 0.622. The van der Waals surface area contributed by atoms with Crippen LogP contribution in [0, 0.1) is 0 Å². The Morgan fingerprint density at radius 3 is 1.51 bits per heavy atom. The molecule has 8 aliphatic heterocycles. The Balaban J connectivity index is 1.48. The molecule has 0 spiro atoms. The lowest BCUT2D eigenvalue weighted by Crippen LogP contribution is -2.72. The summed E-state index contributed by atoms with van der Waals surface area (Å²) in [5.41, 5.74) is 0. The summed E-state index contributed by atoms with van der Waals surface area (Å²) in [5, 5.41) is 122. The summed E-state index contributed by atoms with van der Waals surface area (Å²) in [6.45, 7) is 2.96. The normalized spacial score (nSPS) is 47.2. The predicted octanol–water partition coefficient (Wildman–Crippen LogP) is -9.18. The van der Waals surface area contributed by atoms with Gasteiger partial charge < -0.3 is 120 Å². The summed E-state index contributed by atoms with van der Waals surface area (Å²) < 4.78 is 59.6. The fraction of sp³-hybridized carbons (Fsp3) is 0.868. The first-order valence-corrected chi connectivity index (χ1v) is 21.4. The average molecular weight is 973 g/mol. The first-order valence-electron chi connectivity index (χ1n) is 21.4. The molecule has 8 saturated heterocycles. The summed E-state index contributed by atoms with van der Waals surface area (Å²) in [4.78, 5) is 62.8. The molecule has 0 saturated carbocycles. The van der Waals surface area contributed by atoms with Crippen LogP contribution in [0.4, 0.5) is 0 Å². The molecular weight excluding hydrogens is 912 g/mol. The van der Waals surface area contributed by atoms with Crippen LogP contribution in [0.15, 0.2) is 0 Å². The van der Waals surface area contributed by atoms with Crippen LogP contribution in [-0.2, 0) is 71.3 Å². The topological polar surface area (TPSA) is 428 Å². The van der Waals surface area contributed by atoms with E-state index in [0.717, 1.165) is 27.7 Å². The minimum atomic E-state index is -2.31. The largest absolute Gasteiger partial charge is 0.479 e. The highest BCUT2D eigenvalue weighted by Crippen LogP contribution is 2.37. The monoisotopic (exact) mass is 972 g/mol. The van der Waals surface area contributed by atoms with Gasteiger partial charge in [-0.15, -0.1) is 0 Å². The van der Waals surface area contributed by atoms with E-state index in [1.54, 1.807) is 0 Å². The van der Waals surface area contributed by atoms with Crippen molar-refractivity contribution in [2.45, 2.75) is 188 Å². The van der Waals surface area contributed by atoms with Crippen LogP contribution in [0.3, 0.4) is 0 Å². The zero-order valence-electron chi connectivity index (χ0n) is 36.7. The number of hydrogen-bond donors (Lipinski definition) is 14. The third-order valence-corrected chi connectivity index (χ3v) is 12.1. The van der Waals surface area contributed by atoms with E-state index in [2.05, 4.69) is 21.3 Å². The number of hydrogen-bond acceptors (Lipinski definition) is 24. The Kier molecular flexibility index (Phi) is 17.5. The zero-order valence-corrected chi connectivity index (χ0v) is 36.7. The minimum Gasteiger partial charge on any atom is -0.479 e. The lowest BCUT2D eigenvalue weighted by atomic mass is 9.93. The lowest BCUT2D eigenvalue weighted by molar-refractivity contribution is -0.380. The molecule has 29 nitrogen and oxygen atoms in total. The number of aliphatic hydroxyl groups excluding tert-OH is 9. The second-order valence-corrected chi connectivity index (χ2v) is 17.0. The van der Waals surface area contributed by atoms with E-state index in [1.165, 1.54) is 6.92 Å². The molecule has 0 unspecified atom stereocenters. The maximum atomic E-state index is 12.8. The number of aliphatic carboxylic acids is 1. The number of nitrogens with one attached hydrogen (secondary N) is 4. The first-order chi connectivity index (χ1) is 31.6. The summed E-state index contributed by atoms with van der Waals surface area (Å²) >= 11 is 0. The molecule has 14 N–H and O–H groups in total. The lowest BCUT2D eigenvalue weighted by Gasteiger charge is -2.51. The Hall–Kier alpha value is -3.41. The van der Waals surface area contributed by atoms with Crippen LogP contribution in [-0.4, -0.2) is 254 Å². The molecule has 0 aromatic heterocycles. The van der Waals surface area contributed by atoms with Gasteiger partial charge in [-0.3, -0.25) is 19.2 Å². The van der Waals surface area contributed by atoms with Gasteiger partial charge in [0, 0.05) is 27.7 Å². The smallest absolute Gasteiger partial charge is 0.335 e. The van der Waals surface area contributed by atoms with Crippen molar-refractivity contribution in [3.8, 4) is 0 Å². The van der Waals surface area contributed by atoms with Crippen LogP contribution in [0.5, 0.6) is 0 Å². The molecule has 29 heteroatoms. The summed E-state index contributed by atoms with van der Waals surface area (Å²) in [6, 6.07) is -6.36. The van der Waals surface area contributed by atoms with Gasteiger partial charge in [0.2, 0.25) is 23.6 Å². The number of carbonyl (C=O) groups is 5. The summed E-state index contributed by atoms with van der Waals surface area (Å²) in [5.74, 6) is -4.88. The number of fused-ring (bicyclic) bond motifs is 2. The molecule has 0 radical (unpaired) electrons. The van der Waals surface area contributed by atoms with Crippen LogP contribution in [0.25, 0.3) is 0 Å². The molecule has 8 aliphatic rings. The Bertz CT molecular complexity index is 1750. The number of ether oxygens (including phenoxy) is 10. The second-order valence-electron chi connectivity index (χ2n) is 17.0. The van der Waals surface area contributed by atoms with Gasteiger partial charge in [0.25, 0.3) is 0 Å². The molecule has 8 fully saturated rings. The third-order valence-electron chi connectivity index (χ3n) is 12.1. The molecule has 0 aromatic rings. The quantitative estimate of drug-likeness (QED) is 0.113. The molecule has 0 aliphatic carbocycles. The molecule has 4 amide bonds. The second kappa shape index (κ2) is 22.1. The predicted molar refractivity (Wildman–Crippen MR) is 209 cm³/mol. The molecule has 67 heavy (non-hydrogen) atoms. The van der Waals surface area contributed by atoms with Crippen LogP contribution < -0.4 is 21.3 Å². The van der Waals surface area contributed by atoms with Crippen molar-refractivity contribution < 1.29 is 122 Å². The highest BCUT2D eigenvalue weighted by molar-refractivity contribution is 5.75. The van der Waals surface area contributed by atoms with Gasteiger partial charge in [-0.25, -0.2) is 4.79 Å². The van der Waals surface area contributed by atoms with Gasteiger partial charge in [-0.1, -0.05) is 0 Å². The van der Waals surface area contributed by atoms with Gasteiger partial charge in [0.15, 0.2) is 37.6 Å². The van der Waals surface area contributed by atoms with Crippen molar-refractivity contribution in [3.63, 3.8) is 0 Å². The average Bonchev–Trinajstić information content (AvgIpc) is 3.25. The van der Waals surface area contributed by atoms with Crippen molar-refractivity contribution in [1.82, 2.24) is 21.3 Å². The first kappa shape index (κ1) is 53.0. The Morgan fingerprint density at radius 2 is 0.925 bits per heavy atom. The Labute approximate surface area is 380 Å². The highest BCUT2D eigenvalue weighted by Gasteiger charge is 2.59. The SMILES string of the molecule is CC(=O)N[C@H]1[C@H]2O[C@@H]3[C@H](O)[C@@H](O)[C@@H](O[C@H]4[C@H](O)[C@@H](CO)O[C@@H](O[C@H]5[C@H](OC[C@H]6O[C@H](O[C@H]([C@@H]1O)[C@@H](CO)O2)[C@H](NC(C)=O)[C@@H](O)[C@@H]6O)O[C@H](C)[C@@H](NC(C)=O)[C@@H]5O)[C@@H]4NC(C)=O)O[C@@H]3C(=O)O. The molecule has 8 bridgehead atoms. The molecule has 25 atom stereocenters. The van der Waals surface area contributed by atoms with E-state index in [9.17, 15) is 75.0 Å². The maximum Gasteiger partial charge on any atom is 0.335 e. The third kappa shape index (κ3) is 11.5. The number of rotatable bonds is 7. The zero-order chi connectivity index (χ0) is 49.3. The van der Waals surface area contributed by atoms with Crippen molar-refractivity contribution in [3.05, 3.63) is 0 Å². The van der Waals surface area contributed by atoms with Gasteiger partial charge in [0.1, 0.15) is 104 Å². The van der Waals surface area contributed by atoms with Gasteiger partial charge in [0.05, 0.1) is 32.0 Å². The van der Waals surface area contributed by atoms with E-state index in [-0.39, 0.29) is 0 Å². The van der Waals surface area contributed by atoms with Gasteiger partial charge >= 0.3 is 5.97 Å². The number of carboxylic acid groups (broad SMARTS) is 1. The maximum absolute atomic E-state index is 12.8. The van der Waals surface area contributed by atoms with E-state index >= 15 is 0 Å². The van der Waals surface area contributed by atoms with E-state index < -0.39 is 203 Å².